The molecule has 0 spiro atoms. The zero-order valence-electron chi connectivity index (χ0n) is 10.3. The molecule has 1 N–H and O–H groups in total. The largest absolute Gasteiger partial charge is 0.351 e. The van der Waals surface area contributed by atoms with Gasteiger partial charge in [-0.3, -0.25) is 0 Å². The van der Waals surface area contributed by atoms with Crippen LogP contribution in [0.25, 0.3) is 0 Å². The summed E-state index contributed by atoms with van der Waals surface area (Å²) in [5, 5.41) is 0. The van der Waals surface area contributed by atoms with Crippen molar-refractivity contribution in [1.29, 1.82) is 0 Å². The van der Waals surface area contributed by atoms with E-state index in [9.17, 15) is 4.39 Å². The minimum atomic E-state index is -0.228. The molecule has 0 saturated carbocycles. The van der Waals surface area contributed by atoms with Gasteiger partial charge in [-0.15, -0.1) is 0 Å². The van der Waals surface area contributed by atoms with Crippen molar-refractivity contribution >= 4 is 0 Å². The smallest absolute Gasteiger partial charge is 0.123 e. The van der Waals surface area contributed by atoms with Crippen molar-refractivity contribution in [2.75, 3.05) is 0 Å². The molecule has 19 heavy (non-hydrogen) atoms. The van der Waals surface area contributed by atoms with E-state index in [1.54, 1.807) is 18.5 Å². The first-order chi connectivity index (χ1) is 9.34. The van der Waals surface area contributed by atoms with Crippen LogP contribution in [0.5, 0.6) is 0 Å². The van der Waals surface area contributed by atoms with Gasteiger partial charge in [-0.2, -0.15) is 0 Å². The molecule has 1 aromatic heterocycles. The van der Waals surface area contributed by atoms with Crippen molar-refractivity contribution in [1.82, 2.24) is 9.97 Å². The second kappa shape index (κ2) is 5.06. The van der Waals surface area contributed by atoms with Gasteiger partial charge < -0.3 is 4.98 Å². The molecule has 1 heterocycles. The molecule has 0 bridgehead atoms. The van der Waals surface area contributed by atoms with Crippen LogP contribution in [0.2, 0.25) is 0 Å². The highest BCUT2D eigenvalue weighted by molar-refractivity contribution is 5.39. The molecule has 0 saturated heterocycles. The Morgan fingerprint density at radius 1 is 0.947 bits per heavy atom. The third-order valence-electron chi connectivity index (χ3n) is 3.13. The minimum absolute atomic E-state index is 0.0526. The summed E-state index contributed by atoms with van der Waals surface area (Å²) in [6.45, 7) is 0. The van der Waals surface area contributed by atoms with E-state index in [1.807, 2.05) is 42.6 Å². The lowest BCUT2D eigenvalue weighted by Crippen LogP contribution is -2.04. The molecule has 1 atom stereocenters. The van der Waals surface area contributed by atoms with Crippen molar-refractivity contribution in [2.24, 2.45) is 0 Å². The third kappa shape index (κ3) is 2.40. The van der Waals surface area contributed by atoms with Gasteiger partial charge in [-0.25, -0.2) is 9.37 Å². The Balaban J connectivity index is 2.12. The van der Waals surface area contributed by atoms with Crippen LogP contribution in [-0.4, -0.2) is 9.97 Å². The first-order valence-corrected chi connectivity index (χ1v) is 6.13. The normalized spacial score (nSPS) is 12.3. The fraction of sp³-hybridized carbons (Fsp3) is 0.0625. The zero-order chi connectivity index (χ0) is 13.1. The van der Waals surface area contributed by atoms with Crippen LogP contribution in [0, 0.1) is 5.82 Å². The van der Waals surface area contributed by atoms with E-state index in [4.69, 9.17) is 0 Å². The molecule has 1 unspecified atom stereocenters. The summed E-state index contributed by atoms with van der Waals surface area (Å²) in [4.78, 5) is 7.28. The standard InChI is InChI=1S/C16H13FN2/c17-14-8-4-7-13(9-14)16(15-10-18-11-19-15)12-5-2-1-3-6-12/h1-11,16H,(H,18,19). The predicted octanol–water partition coefficient (Wildman–Crippen LogP) is 3.73. The molecule has 94 valence electrons. The highest BCUT2D eigenvalue weighted by Gasteiger charge is 2.18. The van der Waals surface area contributed by atoms with Gasteiger partial charge in [-0.1, -0.05) is 42.5 Å². The topological polar surface area (TPSA) is 28.7 Å². The quantitative estimate of drug-likeness (QED) is 0.756. The van der Waals surface area contributed by atoms with Gasteiger partial charge in [0.2, 0.25) is 0 Å². The number of nitrogens with zero attached hydrogens (tertiary/aromatic N) is 1. The Kier molecular flexibility index (Phi) is 3.11. The summed E-state index contributed by atoms with van der Waals surface area (Å²) in [5.74, 6) is -0.280. The van der Waals surface area contributed by atoms with Crippen LogP contribution in [0.15, 0.2) is 67.1 Å². The molecule has 3 heteroatoms. The van der Waals surface area contributed by atoms with Crippen LogP contribution in [0.1, 0.15) is 22.7 Å². The average molecular weight is 252 g/mol. The van der Waals surface area contributed by atoms with Gasteiger partial charge in [0.1, 0.15) is 5.82 Å². The molecule has 0 aliphatic heterocycles. The van der Waals surface area contributed by atoms with E-state index in [2.05, 4.69) is 9.97 Å². The molecule has 3 aromatic rings. The summed E-state index contributed by atoms with van der Waals surface area (Å²) >= 11 is 0. The second-order valence-corrected chi connectivity index (χ2v) is 4.39. The van der Waals surface area contributed by atoms with E-state index >= 15 is 0 Å². The summed E-state index contributed by atoms with van der Waals surface area (Å²) in [7, 11) is 0. The van der Waals surface area contributed by atoms with E-state index in [-0.39, 0.29) is 11.7 Å². The number of nitrogens with one attached hydrogen (secondary N) is 1. The molecule has 3 rings (SSSR count). The lowest BCUT2D eigenvalue weighted by atomic mass is 9.89. The van der Waals surface area contributed by atoms with Crippen molar-refractivity contribution in [3.8, 4) is 0 Å². The molecular weight excluding hydrogens is 239 g/mol. The Hall–Kier alpha value is -2.42. The first kappa shape index (κ1) is 11.7. The van der Waals surface area contributed by atoms with Crippen molar-refractivity contribution in [2.45, 2.75) is 5.92 Å². The highest BCUT2D eigenvalue weighted by Crippen LogP contribution is 2.30. The lowest BCUT2D eigenvalue weighted by Gasteiger charge is -2.16. The lowest BCUT2D eigenvalue weighted by molar-refractivity contribution is 0.624. The fourth-order valence-electron chi connectivity index (χ4n) is 2.30. The fourth-order valence-corrected chi connectivity index (χ4v) is 2.30. The van der Waals surface area contributed by atoms with Gasteiger partial charge in [0.15, 0.2) is 0 Å². The van der Waals surface area contributed by atoms with E-state index in [0.29, 0.717) is 0 Å². The zero-order valence-corrected chi connectivity index (χ0v) is 10.3. The van der Waals surface area contributed by atoms with Crippen LogP contribution in [0.3, 0.4) is 0 Å². The van der Waals surface area contributed by atoms with Crippen molar-refractivity contribution < 1.29 is 4.39 Å². The molecule has 0 aliphatic rings. The number of benzene rings is 2. The van der Waals surface area contributed by atoms with Crippen molar-refractivity contribution in [3.63, 3.8) is 0 Å². The maximum Gasteiger partial charge on any atom is 0.123 e. The van der Waals surface area contributed by atoms with E-state index < -0.39 is 0 Å². The van der Waals surface area contributed by atoms with Crippen LogP contribution >= 0.6 is 0 Å². The van der Waals surface area contributed by atoms with Gasteiger partial charge in [0, 0.05) is 6.20 Å². The summed E-state index contributed by atoms with van der Waals surface area (Å²) in [6.07, 6.45) is 3.49. The molecule has 2 nitrogen and oxygen atoms in total. The number of hydrogen-bond acceptors (Lipinski definition) is 1. The van der Waals surface area contributed by atoms with E-state index in [1.165, 1.54) is 6.07 Å². The molecule has 0 fully saturated rings. The Labute approximate surface area is 111 Å². The van der Waals surface area contributed by atoms with Crippen molar-refractivity contribution in [3.05, 3.63) is 89.8 Å². The number of aromatic amines is 1. The van der Waals surface area contributed by atoms with Crippen LogP contribution in [-0.2, 0) is 0 Å². The summed E-state index contributed by atoms with van der Waals surface area (Å²) in [6, 6.07) is 16.7. The summed E-state index contributed by atoms with van der Waals surface area (Å²) in [5.41, 5.74) is 2.88. The van der Waals surface area contributed by atoms with Gasteiger partial charge in [0.05, 0.1) is 17.9 Å². The first-order valence-electron chi connectivity index (χ1n) is 6.13. The Morgan fingerprint density at radius 2 is 1.74 bits per heavy atom. The molecule has 2 aromatic carbocycles. The second-order valence-electron chi connectivity index (χ2n) is 4.39. The van der Waals surface area contributed by atoms with E-state index in [0.717, 1.165) is 16.8 Å². The number of H-pyrrole nitrogens is 1. The van der Waals surface area contributed by atoms with Gasteiger partial charge in [-0.05, 0) is 23.3 Å². The maximum atomic E-state index is 13.5. The highest BCUT2D eigenvalue weighted by atomic mass is 19.1. The molecule has 0 aliphatic carbocycles. The average Bonchev–Trinajstić information content (AvgIpc) is 2.94. The molecule has 0 amide bonds. The number of halogens is 1. The Bertz CT molecular complexity index is 648. The Morgan fingerprint density at radius 3 is 2.42 bits per heavy atom. The van der Waals surface area contributed by atoms with Crippen LogP contribution in [0.4, 0.5) is 4.39 Å². The van der Waals surface area contributed by atoms with Gasteiger partial charge >= 0.3 is 0 Å². The number of rotatable bonds is 3. The van der Waals surface area contributed by atoms with Gasteiger partial charge in [0.25, 0.3) is 0 Å². The number of imidazole rings is 1. The minimum Gasteiger partial charge on any atom is -0.351 e. The predicted molar refractivity (Wildman–Crippen MR) is 72.4 cm³/mol. The monoisotopic (exact) mass is 252 g/mol. The molecular formula is C16H13FN2. The number of hydrogen-bond donors (Lipinski definition) is 1. The number of aromatic nitrogens is 2. The molecule has 0 radical (unpaired) electrons. The SMILES string of the molecule is Fc1cccc(C(c2ccccc2)c2c[nH]cn2)c1. The third-order valence-corrected chi connectivity index (χ3v) is 3.13. The maximum absolute atomic E-state index is 13.5. The summed E-state index contributed by atoms with van der Waals surface area (Å²) < 4.78 is 13.5. The van der Waals surface area contributed by atoms with Crippen LogP contribution < -0.4 is 0 Å².